The summed E-state index contributed by atoms with van der Waals surface area (Å²) in [4.78, 5) is 21.0. The first-order valence-electron chi connectivity index (χ1n) is 5.27. The molecule has 96 valence electrons. The van der Waals surface area contributed by atoms with Gasteiger partial charge in [0.1, 0.15) is 11.5 Å². The van der Waals surface area contributed by atoms with Crippen molar-refractivity contribution in [3.63, 3.8) is 0 Å². The van der Waals surface area contributed by atoms with Crippen molar-refractivity contribution >= 4 is 27.9 Å². The van der Waals surface area contributed by atoms with Gasteiger partial charge >= 0.3 is 0 Å². The van der Waals surface area contributed by atoms with Gasteiger partial charge in [-0.3, -0.25) is 14.9 Å². The molecule has 0 aliphatic carbocycles. The molecule has 0 saturated heterocycles. The molecule has 0 aromatic heterocycles. The average molecular weight is 322 g/mol. The van der Waals surface area contributed by atoms with Crippen LogP contribution in [0.5, 0.6) is 11.5 Å². The minimum Gasteiger partial charge on any atom is -0.457 e. The third kappa shape index (κ3) is 3.17. The van der Waals surface area contributed by atoms with Gasteiger partial charge in [-0.2, -0.15) is 0 Å². The molecule has 6 heteroatoms. The van der Waals surface area contributed by atoms with Gasteiger partial charge in [0, 0.05) is 16.6 Å². The number of hydrogen-bond acceptors (Lipinski definition) is 4. The van der Waals surface area contributed by atoms with Crippen molar-refractivity contribution in [2.24, 2.45) is 0 Å². The molecule has 0 spiro atoms. The van der Waals surface area contributed by atoms with E-state index < -0.39 is 4.92 Å². The number of nitrogens with zero attached hydrogens (tertiary/aromatic N) is 1. The van der Waals surface area contributed by atoms with Gasteiger partial charge in [0.15, 0.2) is 6.29 Å². The molecule has 0 fully saturated rings. The van der Waals surface area contributed by atoms with Crippen LogP contribution in [0.25, 0.3) is 0 Å². The lowest BCUT2D eigenvalue weighted by Crippen LogP contribution is -1.91. The number of carbonyl (C=O) groups excluding carboxylic acids is 1. The summed E-state index contributed by atoms with van der Waals surface area (Å²) in [7, 11) is 0. The van der Waals surface area contributed by atoms with E-state index in [-0.39, 0.29) is 5.69 Å². The van der Waals surface area contributed by atoms with Crippen LogP contribution in [0.2, 0.25) is 0 Å². The van der Waals surface area contributed by atoms with Crippen LogP contribution in [-0.2, 0) is 0 Å². The first-order valence-corrected chi connectivity index (χ1v) is 6.06. The van der Waals surface area contributed by atoms with Gasteiger partial charge in [-0.05, 0) is 30.3 Å². The molecule has 2 rings (SSSR count). The fourth-order valence-electron chi connectivity index (χ4n) is 1.47. The van der Waals surface area contributed by atoms with E-state index in [1.807, 2.05) is 0 Å². The fourth-order valence-corrected chi connectivity index (χ4v) is 1.85. The highest BCUT2D eigenvalue weighted by molar-refractivity contribution is 9.10. The molecule has 0 aliphatic rings. The van der Waals surface area contributed by atoms with Crippen molar-refractivity contribution < 1.29 is 14.5 Å². The van der Waals surface area contributed by atoms with Crippen molar-refractivity contribution in [2.45, 2.75) is 0 Å². The standard InChI is InChI=1S/C13H8BrNO4/c14-10-1-6-13(9(7-10)8-16)19-12-4-2-11(3-5-12)15(17)18/h1-8H. The monoisotopic (exact) mass is 321 g/mol. The topological polar surface area (TPSA) is 69.4 Å². The molecule has 0 bridgehead atoms. The molecule has 0 unspecified atom stereocenters. The molecular weight excluding hydrogens is 314 g/mol. The van der Waals surface area contributed by atoms with E-state index in [9.17, 15) is 14.9 Å². The first kappa shape index (κ1) is 13.2. The summed E-state index contributed by atoms with van der Waals surface area (Å²) in [5, 5.41) is 10.5. The molecule has 19 heavy (non-hydrogen) atoms. The predicted molar refractivity (Wildman–Crippen MR) is 72.7 cm³/mol. The van der Waals surface area contributed by atoms with Gasteiger partial charge < -0.3 is 4.74 Å². The van der Waals surface area contributed by atoms with Crippen LogP contribution in [0.3, 0.4) is 0 Å². The number of hydrogen-bond donors (Lipinski definition) is 0. The molecule has 2 aromatic carbocycles. The maximum Gasteiger partial charge on any atom is 0.269 e. The zero-order valence-corrected chi connectivity index (χ0v) is 11.2. The Bertz CT molecular complexity index is 625. The number of halogens is 1. The molecule has 0 radical (unpaired) electrons. The third-order valence-corrected chi connectivity index (χ3v) is 2.87. The quantitative estimate of drug-likeness (QED) is 0.485. The summed E-state index contributed by atoms with van der Waals surface area (Å²) in [5.74, 6) is 0.822. The van der Waals surface area contributed by atoms with Gasteiger partial charge in [0.05, 0.1) is 10.5 Å². The summed E-state index contributed by atoms with van der Waals surface area (Å²) in [5.41, 5.74) is 0.381. The van der Waals surface area contributed by atoms with Crippen LogP contribution in [0.15, 0.2) is 46.9 Å². The summed E-state index contributed by atoms with van der Waals surface area (Å²) >= 11 is 3.26. The number of ether oxygens (including phenoxy) is 1. The highest BCUT2D eigenvalue weighted by Gasteiger charge is 2.08. The molecule has 0 saturated carbocycles. The number of nitro benzene ring substituents is 1. The molecule has 0 N–H and O–H groups in total. The number of benzene rings is 2. The van der Waals surface area contributed by atoms with Gasteiger partial charge in [-0.1, -0.05) is 15.9 Å². The Morgan fingerprint density at radius 3 is 2.42 bits per heavy atom. The molecule has 5 nitrogen and oxygen atoms in total. The number of non-ortho nitro benzene ring substituents is 1. The van der Waals surface area contributed by atoms with Crippen molar-refractivity contribution in [2.75, 3.05) is 0 Å². The van der Waals surface area contributed by atoms with E-state index in [1.165, 1.54) is 24.3 Å². The Kier molecular flexibility index (Phi) is 3.91. The maximum atomic E-state index is 10.9. The Labute approximate surface area is 117 Å². The molecular formula is C13H8BrNO4. The second-order valence-electron chi connectivity index (χ2n) is 3.65. The smallest absolute Gasteiger partial charge is 0.269 e. The summed E-state index contributed by atoms with van der Waals surface area (Å²) in [6, 6.07) is 10.7. The van der Waals surface area contributed by atoms with Crippen molar-refractivity contribution in [3.05, 3.63) is 62.6 Å². The zero-order chi connectivity index (χ0) is 13.8. The van der Waals surface area contributed by atoms with E-state index in [4.69, 9.17) is 4.74 Å². The Morgan fingerprint density at radius 1 is 1.16 bits per heavy atom. The first-order chi connectivity index (χ1) is 9.10. The van der Waals surface area contributed by atoms with Gasteiger partial charge in [-0.25, -0.2) is 0 Å². The van der Waals surface area contributed by atoms with E-state index in [2.05, 4.69) is 15.9 Å². The van der Waals surface area contributed by atoms with Crippen molar-refractivity contribution in [1.29, 1.82) is 0 Å². The number of nitro groups is 1. The largest absolute Gasteiger partial charge is 0.457 e. The summed E-state index contributed by atoms with van der Waals surface area (Å²) in [6.45, 7) is 0. The highest BCUT2D eigenvalue weighted by Crippen LogP contribution is 2.28. The van der Waals surface area contributed by atoms with Gasteiger partial charge in [0.25, 0.3) is 5.69 Å². The maximum absolute atomic E-state index is 10.9. The minimum atomic E-state index is -0.486. The van der Waals surface area contributed by atoms with Gasteiger partial charge in [-0.15, -0.1) is 0 Å². The fraction of sp³-hybridized carbons (Fsp3) is 0. The summed E-state index contributed by atoms with van der Waals surface area (Å²) < 4.78 is 6.28. The normalized spacial score (nSPS) is 9.95. The van der Waals surface area contributed by atoms with E-state index in [0.29, 0.717) is 23.3 Å². The van der Waals surface area contributed by atoms with E-state index >= 15 is 0 Å². The van der Waals surface area contributed by atoms with Crippen LogP contribution < -0.4 is 4.74 Å². The van der Waals surface area contributed by atoms with Crippen LogP contribution in [0, 0.1) is 10.1 Å². The van der Waals surface area contributed by atoms with Crippen LogP contribution >= 0.6 is 15.9 Å². The molecule has 0 aliphatic heterocycles. The minimum absolute atomic E-state index is 0.0150. The number of rotatable bonds is 4. The second-order valence-corrected chi connectivity index (χ2v) is 4.57. The lowest BCUT2D eigenvalue weighted by molar-refractivity contribution is -0.384. The summed E-state index contributed by atoms with van der Waals surface area (Å²) in [6.07, 6.45) is 0.686. The molecule has 0 atom stereocenters. The zero-order valence-electron chi connectivity index (χ0n) is 9.58. The molecule has 2 aromatic rings. The van der Waals surface area contributed by atoms with Crippen LogP contribution in [0.1, 0.15) is 10.4 Å². The second kappa shape index (κ2) is 5.62. The van der Waals surface area contributed by atoms with E-state index in [0.717, 1.165) is 4.47 Å². The Balaban J connectivity index is 2.26. The average Bonchev–Trinajstić information content (AvgIpc) is 2.41. The molecule has 0 amide bonds. The van der Waals surface area contributed by atoms with Crippen LogP contribution in [-0.4, -0.2) is 11.2 Å². The highest BCUT2D eigenvalue weighted by atomic mass is 79.9. The SMILES string of the molecule is O=Cc1cc(Br)ccc1Oc1ccc([N+](=O)[O-])cc1. The van der Waals surface area contributed by atoms with E-state index in [1.54, 1.807) is 18.2 Å². The Morgan fingerprint density at radius 2 is 1.84 bits per heavy atom. The molecule has 0 heterocycles. The lowest BCUT2D eigenvalue weighted by Gasteiger charge is -2.07. The number of carbonyl (C=O) groups is 1. The van der Waals surface area contributed by atoms with Gasteiger partial charge in [0.2, 0.25) is 0 Å². The predicted octanol–water partition coefficient (Wildman–Crippen LogP) is 3.96. The number of aldehydes is 1. The lowest BCUT2D eigenvalue weighted by atomic mass is 10.2. The van der Waals surface area contributed by atoms with Crippen LogP contribution in [0.4, 0.5) is 5.69 Å². The third-order valence-electron chi connectivity index (χ3n) is 2.37. The van der Waals surface area contributed by atoms with Crippen molar-refractivity contribution in [1.82, 2.24) is 0 Å². The Hall–Kier alpha value is -2.21. The van der Waals surface area contributed by atoms with Crippen molar-refractivity contribution in [3.8, 4) is 11.5 Å².